The zero-order valence-electron chi connectivity index (χ0n) is 32.8. The lowest BCUT2D eigenvalue weighted by molar-refractivity contribution is -0.150. The minimum Gasteiger partial charge on any atom is -0.462 e. The number of nitrogens with zero attached hydrogens (tertiary/aromatic N) is 2. The molecule has 0 bridgehead atoms. The number of esters is 2. The van der Waals surface area contributed by atoms with Crippen LogP contribution in [0.3, 0.4) is 0 Å². The molecule has 0 rings (SSSR count). The summed E-state index contributed by atoms with van der Waals surface area (Å²) in [6.45, 7) is 9.42. The number of hydrogen-bond donors (Lipinski definition) is 0. The Kier molecular flexibility index (Phi) is 35.1. The Balaban J connectivity index is 4.39. The Hall–Kier alpha value is -1.54. The van der Waals surface area contributed by atoms with Crippen molar-refractivity contribution in [1.29, 1.82) is 0 Å². The first kappa shape index (κ1) is 47.5. The first-order valence-corrected chi connectivity index (χ1v) is 21.4. The molecule has 288 valence electrons. The van der Waals surface area contributed by atoms with Gasteiger partial charge in [0.15, 0.2) is 0 Å². The molecule has 0 aliphatic carbocycles. The standard InChI is InChI=1S/C41H78N2O5S/c1-6-9-12-15-16-20-28-36-47-39(44)31-24-18-17-19-26-33-43(41(46)49-37-35-42(4)5)34-27-21-25-32-40(45)48-38(29-22-13-10-7-2)30-23-14-11-8-3/h20,28,38H,6-19,21-27,29-37H2,1-5H3/b28-20-. The minimum absolute atomic E-state index is 0.0542. The molecule has 0 heterocycles. The zero-order chi connectivity index (χ0) is 36.2. The van der Waals surface area contributed by atoms with Gasteiger partial charge in [-0.3, -0.25) is 14.4 Å². The second-order valence-corrected chi connectivity index (χ2v) is 15.1. The zero-order valence-corrected chi connectivity index (χ0v) is 33.6. The average molecular weight is 711 g/mol. The van der Waals surface area contributed by atoms with Crippen LogP contribution in [0.1, 0.15) is 181 Å². The summed E-state index contributed by atoms with van der Waals surface area (Å²) in [7, 11) is 4.06. The van der Waals surface area contributed by atoms with E-state index in [-0.39, 0.29) is 23.3 Å². The lowest BCUT2D eigenvalue weighted by Gasteiger charge is -2.23. The molecule has 0 aliphatic rings. The highest BCUT2D eigenvalue weighted by Gasteiger charge is 2.16. The van der Waals surface area contributed by atoms with Gasteiger partial charge in [0.2, 0.25) is 0 Å². The molecular formula is C41H78N2O5S. The molecule has 0 aromatic carbocycles. The third kappa shape index (κ3) is 33.4. The quantitative estimate of drug-likeness (QED) is 0.0368. The summed E-state index contributed by atoms with van der Waals surface area (Å²) in [4.78, 5) is 41.9. The van der Waals surface area contributed by atoms with Crippen LogP contribution < -0.4 is 0 Å². The summed E-state index contributed by atoms with van der Waals surface area (Å²) in [5.74, 6) is 0.623. The molecular weight excluding hydrogens is 633 g/mol. The number of allylic oxidation sites excluding steroid dienone is 1. The van der Waals surface area contributed by atoms with E-state index in [1.807, 2.05) is 25.1 Å². The van der Waals surface area contributed by atoms with Gasteiger partial charge in [0.05, 0.1) is 0 Å². The van der Waals surface area contributed by atoms with Gasteiger partial charge in [0.1, 0.15) is 12.7 Å². The number of carbonyl (C=O) groups is 3. The Morgan fingerprint density at radius 1 is 0.592 bits per heavy atom. The molecule has 1 amide bonds. The molecule has 0 unspecified atom stereocenters. The Morgan fingerprint density at radius 2 is 1.10 bits per heavy atom. The van der Waals surface area contributed by atoms with Crippen molar-refractivity contribution in [2.45, 2.75) is 187 Å². The molecule has 0 aromatic heterocycles. The number of thioether (sulfide) groups is 1. The lowest BCUT2D eigenvalue weighted by atomic mass is 10.0. The number of hydrogen-bond acceptors (Lipinski definition) is 7. The van der Waals surface area contributed by atoms with Crippen molar-refractivity contribution in [2.75, 3.05) is 46.1 Å². The molecule has 0 N–H and O–H groups in total. The third-order valence-corrected chi connectivity index (χ3v) is 9.82. The second kappa shape index (κ2) is 36.3. The van der Waals surface area contributed by atoms with Crippen LogP contribution in [0.25, 0.3) is 0 Å². The molecule has 8 heteroatoms. The van der Waals surface area contributed by atoms with Gasteiger partial charge >= 0.3 is 11.9 Å². The molecule has 0 atom stereocenters. The van der Waals surface area contributed by atoms with Gasteiger partial charge in [-0.2, -0.15) is 0 Å². The van der Waals surface area contributed by atoms with Crippen LogP contribution in [0.4, 0.5) is 4.79 Å². The van der Waals surface area contributed by atoms with Crippen LogP contribution in [0, 0.1) is 0 Å². The van der Waals surface area contributed by atoms with Gasteiger partial charge < -0.3 is 19.3 Å². The molecule has 7 nitrogen and oxygen atoms in total. The van der Waals surface area contributed by atoms with Crippen molar-refractivity contribution in [2.24, 2.45) is 0 Å². The molecule has 0 spiro atoms. The van der Waals surface area contributed by atoms with Gasteiger partial charge in [-0.1, -0.05) is 128 Å². The molecule has 0 aromatic rings. The molecule has 49 heavy (non-hydrogen) atoms. The minimum atomic E-state index is -0.111. The summed E-state index contributed by atoms with van der Waals surface area (Å²) in [6.07, 6.45) is 30.4. The Bertz CT molecular complexity index is 795. The van der Waals surface area contributed by atoms with E-state index in [1.54, 1.807) is 0 Å². The number of unbranched alkanes of at least 4 members (excludes halogenated alkanes) is 16. The van der Waals surface area contributed by atoms with E-state index in [2.05, 4.69) is 31.7 Å². The van der Waals surface area contributed by atoms with E-state index in [4.69, 9.17) is 9.47 Å². The highest BCUT2D eigenvalue weighted by molar-refractivity contribution is 8.13. The van der Waals surface area contributed by atoms with Crippen molar-refractivity contribution in [3.05, 3.63) is 12.2 Å². The monoisotopic (exact) mass is 711 g/mol. The molecule has 0 fully saturated rings. The number of amides is 1. The Morgan fingerprint density at radius 3 is 1.69 bits per heavy atom. The van der Waals surface area contributed by atoms with Crippen molar-refractivity contribution < 1.29 is 23.9 Å². The van der Waals surface area contributed by atoms with E-state index in [0.717, 1.165) is 109 Å². The predicted molar refractivity (Wildman–Crippen MR) is 210 cm³/mol. The third-order valence-electron chi connectivity index (χ3n) is 8.93. The fourth-order valence-electron chi connectivity index (χ4n) is 5.74. The van der Waals surface area contributed by atoms with E-state index in [1.165, 1.54) is 76.0 Å². The summed E-state index contributed by atoms with van der Waals surface area (Å²) in [5, 5.41) is 0.160. The van der Waals surface area contributed by atoms with Crippen molar-refractivity contribution >= 4 is 28.9 Å². The van der Waals surface area contributed by atoms with Gasteiger partial charge in [0, 0.05) is 38.2 Å². The Labute approximate surface area is 307 Å². The number of rotatable bonds is 35. The maximum atomic E-state index is 13.0. The van der Waals surface area contributed by atoms with Crippen LogP contribution in [0.15, 0.2) is 12.2 Å². The van der Waals surface area contributed by atoms with E-state index < -0.39 is 0 Å². The lowest BCUT2D eigenvalue weighted by Crippen LogP contribution is -2.30. The maximum absolute atomic E-state index is 13.0. The van der Waals surface area contributed by atoms with Gasteiger partial charge in [-0.15, -0.1) is 0 Å². The van der Waals surface area contributed by atoms with Gasteiger partial charge in [-0.05, 0) is 78.3 Å². The van der Waals surface area contributed by atoms with Crippen molar-refractivity contribution in [1.82, 2.24) is 9.80 Å². The second-order valence-electron chi connectivity index (χ2n) is 14.0. The van der Waals surface area contributed by atoms with Crippen LogP contribution in [-0.4, -0.2) is 79.2 Å². The van der Waals surface area contributed by atoms with E-state index in [9.17, 15) is 14.4 Å². The largest absolute Gasteiger partial charge is 0.462 e. The van der Waals surface area contributed by atoms with Gasteiger partial charge in [0.25, 0.3) is 5.24 Å². The summed E-state index contributed by atoms with van der Waals surface area (Å²) >= 11 is 1.41. The molecule has 0 saturated heterocycles. The van der Waals surface area contributed by atoms with Crippen molar-refractivity contribution in [3.8, 4) is 0 Å². The summed E-state index contributed by atoms with van der Waals surface area (Å²) in [6, 6.07) is 0. The fourth-order valence-corrected chi connectivity index (χ4v) is 6.74. The fraction of sp³-hybridized carbons (Fsp3) is 0.878. The normalized spacial score (nSPS) is 11.6. The first-order valence-electron chi connectivity index (χ1n) is 20.4. The smallest absolute Gasteiger partial charge is 0.306 e. The molecule has 0 aliphatic heterocycles. The van der Waals surface area contributed by atoms with E-state index in [0.29, 0.717) is 19.4 Å². The molecule has 0 saturated carbocycles. The SMILES string of the molecule is CCCCCC/C=C\COC(=O)CCCCCCCN(CCCCCC(=O)OC(CCCCCC)CCCCCC)C(=O)SCCN(C)C. The average Bonchev–Trinajstić information content (AvgIpc) is 3.07. The summed E-state index contributed by atoms with van der Waals surface area (Å²) < 4.78 is 11.3. The van der Waals surface area contributed by atoms with E-state index >= 15 is 0 Å². The summed E-state index contributed by atoms with van der Waals surface area (Å²) in [5.41, 5.74) is 0. The highest BCUT2D eigenvalue weighted by Crippen LogP contribution is 2.18. The first-order chi connectivity index (χ1) is 23.8. The predicted octanol–water partition coefficient (Wildman–Crippen LogP) is 11.5. The van der Waals surface area contributed by atoms with Crippen LogP contribution in [-0.2, 0) is 19.1 Å². The van der Waals surface area contributed by atoms with Crippen molar-refractivity contribution in [3.63, 3.8) is 0 Å². The molecule has 0 radical (unpaired) electrons. The maximum Gasteiger partial charge on any atom is 0.306 e. The highest BCUT2D eigenvalue weighted by atomic mass is 32.2. The van der Waals surface area contributed by atoms with Crippen LogP contribution in [0.2, 0.25) is 0 Å². The number of ether oxygens (including phenoxy) is 2. The topological polar surface area (TPSA) is 76.1 Å². The van der Waals surface area contributed by atoms with Crippen LogP contribution in [0.5, 0.6) is 0 Å². The van der Waals surface area contributed by atoms with Crippen LogP contribution >= 0.6 is 11.8 Å². The number of carbonyl (C=O) groups excluding carboxylic acids is 3. The van der Waals surface area contributed by atoms with Gasteiger partial charge in [-0.25, -0.2) is 0 Å².